The molecule has 0 saturated carbocycles. The Morgan fingerprint density at radius 3 is 2.23 bits per heavy atom. The number of rotatable bonds is 4. The van der Waals surface area contributed by atoms with Gasteiger partial charge in [0.1, 0.15) is 17.5 Å². The number of anilines is 1. The fraction of sp³-hybridized carbons (Fsp3) is 0.115. The number of amides is 2. The van der Waals surface area contributed by atoms with Crippen LogP contribution >= 0.6 is 0 Å². The molecule has 1 atom stereocenters. The molecule has 1 unspecified atom stereocenters. The SMILES string of the molecule is CC1=C(c2nc(-c3ccc(F)cc3)no2)C(c2ccc(F)cc2)NC(=O)N1c1ccc(C)c(F)c1. The number of allylic oxidation sites excluding steroid dienone is 1. The number of aryl methyl sites for hydroxylation is 1. The lowest BCUT2D eigenvalue weighted by Crippen LogP contribution is -2.46. The lowest BCUT2D eigenvalue weighted by molar-refractivity contribution is 0.244. The van der Waals surface area contributed by atoms with Crippen molar-refractivity contribution in [2.24, 2.45) is 0 Å². The molecule has 0 aliphatic carbocycles. The van der Waals surface area contributed by atoms with Gasteiger partial charge in [-0.05, 0) is 73.5 Å². The van der Waals surface area contributed by atoms with E-state index in [4.69, 9.17) is 4.52 Å². The predicted octanol–water partition coefficient (Wildman–Crippen LogP) is 6.16. The van der Waals surface area contributed by atoms with Crippen molar-refractivity contribution in [3.63, 3.8) is 0 Å². The highest BCUT2D eigenvalue weighted by atomic mass is 19.1. The van der Waals surface area contributed by atoms with Gasteiger partial charge in [-0.15, -0.1) is 0 Å². The Balaban J connectivity index is 1.65. The van der Waals surface area contributed by atoms with Crippen molar-refractivity contribution in [2.75, 3.05) is 4.90 Å². The van der Waals surface area contributed by atoms with Gasteiger partial charge in [0, 0.05) is 11.3 Å². The minimum atomic E-state index is -0.740. The maximum Gasteiger partial charge on any atom is 0.327 e. The first kappa shape index (κ1) is 22.4. The summed E-state index contributed by atoms with van der Waals surface area (Å²) in [5.74, 6) is -0.951. The molecular weight excluding hydrogens is 457 g/mol. The Kier molecular flexibility index (Phi) is 5.60. The largest absolute Gasteiger partial charge is 0.334 e. The zero-order valence-electron chi connectivity index (χ0n) is 18.7. The van der Waals surface area contributed by atoms with Gasteiger partial charge in [0.05, 0.1) is 17.3 Å². The van der Waals surface area contributed by atoms with Crippen molar-refractivity contribution in [3.8, 4) is 11.4 Å². The number of hydrogen-bond donors (Lipinski definition) is 1. The van der Waals surface area contributed by atoms with Gasteiger partial charge >= 0.3 is 6.03 Å². The molecule has 0 radical (unpaired) electrons. The van der Waals surface area contributed by atoms with Gasteiger partial charge in [-0.3, -0.25) is 4.90 Å². The van der Waals surface area contributed by atoms with Crippen molar-refractivity contribution in [1.29, 1.82) is 0 Å². The Labute approximate surface area is 198 Å². The lowest BCUT2D eigenvalue weighted by Gasteiger charge is -2.35. The first-order valence-electron chi connectivity index (χ1n) is 10.7. The standard InChI is InChI=1S/C26H19F3N4O2/c1-14-3-12-20(13-21(14)29)33-15(2)22(23(30-26(33)34)16-4-8-18(27)9-5-16)25-31-24(32-35-25)17-6-10-19(28)11-7-17/h3-13,23H,1-2H3,(H,30,34). The third-order valence-electron chi connectivity index (χ3n) is 5.86. The molecule has 9 heteroatoms. The van der Waals surface area contributed by atoms with Crippen LogP contribution in [-0.4, -0.2) is 16.2 Å². The van der Waals surface area contributed by atoms with E-state index >= 15 is 0 Å². The summed E-state index contributed by atoms with van der Waals surface area (Å²) in [4.78, 5) is 19.0. The van der Waals surface area contributed by atoms with E-state index in [0.717, 1.165) is 0 Å². The van der Waals surface area contributed by atoms with E-state index in [9.17, 15) is 18.0 Å². The van der Waals surface area contributed by atoms with Crippen molar-refractivity contribution in [1.82, 2.24) is 15.5 Å². The monoisotopic (exact) mass is 476 g/mol. The molecule has 4 aromatic rings. The van der Waals surface area contributed by atoms with Crippen molar-refractivity contribution < 1.29 is 22.5 Å². The Bertz CT molecular complexity index is 1450. The molecule has 3 aromatic carbocycles. The second-order valence-electron chi connectivity index (χ2n) is 8.13. The van der Waals surface area contributed by atoms with Gasteiger partial charge in [-0.25, -0.2) is 18.0 Å². The van der Waals surface area contributed by atoms with Crippen LogP contribution < -0.4 is 10.2 Å². The van der Waals surface area contributed by atoms with Crippen LogP contribution in [-0.2, 0) is 0 Å². The molecule has 0 bridgehead atoms. The number of benzene rings is 3. The topological polar surface area (TPSA) is 71.3 Å². The number of urea groups is 1. The predicted molar refractivity (Wildman–Crippen MR) is 124 cm³/mol. The summed E-state index contributed by atoms with van der Waals surface area (Å²) in [5.41, 5.74) is 2.77. The van der Waals surface area contributed by atoms with Gasteiger partial charge < -0.3 is 9.84 Å². The van der Waals surface area contributed by atoms with E-state index in [0.29, 0.717) is 33.6 Å². The van der Waals surface area contributed by atoms with E-state index in [-0.39, 0.29) is 11.7 Å². The fourth-order valence-electron chi connectivity index (χ4n) is 4.01. The van der Waals surface area contributed by atoms with Gasteiger partial charge in [-0.1, -0.05) is 23.4 Å². The Morgan fingerprint density at radius 1 is 0.914 bits per heavy atom. The quantitative estimate of drug-likeness (QED) is 0.383. The maximum absolute atomic E-state index is 14.3. The molecule has 1 aromatic heterocycles. The maximum atomic E-state index is 14.3. The van der Waals surface area contributed by atoms with Crippen LogP contribution in [0.3, 0.4) is 0 Å². The van der Waals surface area contributed by atoms with Crippen LogP contribution in [0.2, 0.25) is 0 Å². The van der Waals surface area contributed by atoms with Crippen LogP contribution in [0.5, 0.6) is 0 Å². The van der Waals surface area contributed by atoms with Crippen LogP contribution in [0.4, 0.5) is 23.7 Å². The second kappa shape index (κ2) is 8.75. The fourth-order valence-corrected chi connectivity index (χ4v) is 4.01. The number of aromatic nitrogens is 2. The van der Waals surface area contributed by atoms with Gasteiger partial charge in [0.15, 0.2) is 0 Å². The summed E-state index contributed by atoms with van der Waals surface area (Å²) < 4.78 is 46.8. The third kappa shape index (κ3) is 4.16. The highest BCUT2D eigenvalue weighted by molar-refractivity contribution is 6.01. The van der Waals surface area contributed by atoms with Crippen molar-refractivity contribution in [3.05, 3.63) is 107 Å². The van der Waals surface area contributed by atoms with E-state index in [1.807, 2.05) is 0 Å². The van der Waals surface area contributed by atoms with E-state index < -0.39 is 29.5 Å². The Hall–Kier alpha value is -4.40. The number of hydrogen-bond acceptors (Lipinski definition) is 4. The molecule has 176 valence electrons. The normalized spacial score (nSPS) is 16.0. The molecule has 0 spiro atoms. The molecule has 2 amide bonds. The number of nitrogens with one attached hydrogen (secondary N) is 1. The molecule has 6 nitrogen and oxygen atoms in total. The smallest absolute Gasteiger partial charge is 0.327 e. The molecule has 1 aliphatic rings. The highest BCUT2D eigenvalue weighted by Crippen LogP contribution is 2.39. The zero-order chi connectivity index (χ0) is 24.7. The molecule has 0 saturated heterocycles. The average Bonchev–Trinajstić information content (AvgIpc) is 3.31. The van der Waals surface area contributed by atoms with Gasteiger partial charge in [0.2, 0.25) is 5.82 Å². The van der Waals surface area contributed by atoms with E-state index in [1.54, 1.807) is 38.1 Å². The number of halogens is 3. The summed E-state index contributed by atoms with van der Waals surface area (Å²) in [5, 5.41) is 6.89. The molecular formula is C26H19F3N4O2. The second-order valence-corrected chi connectivity index (χ2v) is 8.13. The molecule has 0 fully saturated rings. The van der Waals surface area contributed by atoms with E-state index in [1.165, 1.54) is 47.4 Å². The van der Waals surface area contributed by atoms with Crippen molar-refractivity contribution >= 4 is 17.3 Å². The number of carbonyl (C=O) groups is 1. The van der Waals surface area contributed by atoms with Crippen LogP contribution in [0, 0.1) is 24.4 Å². The van der Waals surface area contributed by atoms with Crippen LogP contribution in [0.15, 0.2) is 77.0 Å². The minimum Gasteiger partial charge on any atom is -0.334 e. The lowest BCUT2D eigenvalue weighted by atomic mass is 9.94. The van der Waals surface area contributed by atoms with Crippen LogP contribution in [0.25, 0.3) is 17.0 Å². The zero-order valence-corrected chi connectivity index (χ0v) is 18.7. The number of nitrogens with zero attached hydrogens (tertiary/aromatic N) is 3. The summed E-state index contributed by atoms with van der Waals surface area (Å²) in [7, 11) is 0. The molecule has 5 rings (SSSR count). The Morgan fingerprint density at radius 2 is 1.57 bits per heavy atom. The van der Waals surface area contributed by atoms with Crippen molar-refractivity contribution in [2.45, 2.75) is 19.9 Å². The third-order valence-corrected chi connectivity index (χ3v) is 5.86. The molecule has 35 heavy (non-hydrogen) atoms. The summed E-state index contributed by atoms with van der Waals surface area (Å²) in [6.45, 7) is 3.31. The van der Waals surface area contributed by atoms with Gasteiger partial charge in [-0.2, -0.15) is 4.98 Å². The van der Waals surface area contributed by atoms with Crippen LogP contribution in [0.1, 0.15) is 30.0 Å². The van der Waals surface area contributed by atoms with Gasteiger partial charge in [0.25, 0.3) is 5.89 Å². The van der Waals surface area contributed by atoms with E-state index in [2.05, 4.69) is 15.5 Å². The first-order valence-corrected chi connectivity index (χ1v) is 10.7. The molecule has 2 heterocycles. The molecule has 1 aliphatic heterocycles. The molecule has 1 N–H and O–H groups in total. The highest BCUT2D eigenvalue weighted by Gasteiger charge is 2.36. The average molecular weight is 476 g/mol. The summed E-state index contributed by atoms with van der Waals surface area (Å²) in [6, 6.07) is 14.5. The number of carbonyl (C=O) groups excluding carboxylic acids is 1. The summed E-state index contributed by atoms with van der Waals surface area (Å²) in [6.07, 6.45) is 0. The first-order chi connectivity index (χ1) is 16.8. The minimum absolute atomic E-state index is 0.105. The summed E-state index contributed by atoms with van der Waals surface area (Å²) >= 11 is 0.